The minimum absolute atomic E-state index is 0.0166. The maximum Gasteiger partial charge on any atom is 0.251 e. The van der Waals surface area contributed by atoms with Gasteiger partial charge in [0.15, 0.2) is 0 Å². The summed E-state index contributed by atoms with van der Waals surface area (Å²) in [4.78, 5) is 39.3. The van der Waals surface area contributed by atoms with Crippen LogP contribution in [0.3, 0.4) is 0 Å². The van der Waals surface area contributed by atoms with E-state index < -0.39 is 11.7 Å². The number of fused-ring (bicyclic) bond motifs is 1. The van der Waals surface area contributed by atoms with Crippen LogP contribution >= 0.6 is 11.6 Å². The van der Waals surface area contributed by atoms with E-state index in [1.165, 1.54) is 18.2 Å². The summed E-state index contributed by atoms with van der Waals surface area (Å²) in [5.74, 6) is -1.02. The fraction of sp³-hybridized carbons (Fsp3) is 0.290. The molecule has 0 radical (unpaired) electrons. The first-order valence-electron chi connectivity index (χ1n) is 13.8. The molecule has 5 rings (SSSR count). The Hall–Kier alpha value is -4.28. The molecule has 2 aromatic carbocycles. The molecule has 1 saturated carbocycles. The monoisotopic (exact) mass is 589 g/mol. The van der Waals surface area contributed by atoms with Crippen LogP contribution < -0.4 is 16.0 Å². The number of nitrogens with zero attached hydrogens (tertiary/aromatic N) is 3. The highest BCUT2D eigenvalue weighted by Crippen LogP contribution is 2.33. The van der Waals surface area contributed by atoms with Gasteiger partial charge in [-0.15, -0.1) is 0 Å². The van der Waals surface area contributed by atoms with E-state index in [9.17, 15) is 14.0 Å². The lowest BCUT2D eigenvalue weighted by Gasteiger charge is -2.30. The number of para-hydroxylation sites is 1. The van der Waals surface area contributed by atoms with Gasteiger partial charge in [0, 0.05) is 52.9 Å². The molecule has 9 nitrogen and oxygen atoms in total. The molecule has 4 aromatic rings. The van der Waals surface area contributed by atoms with Crippen LogP contribution in [0.2, 0.25) is 5.02 Å². The van der Waals surface area contributed by atoms with Crippen molar-refractivity contribution >= 4 is 46.0 Å². The van der Waals surface area contributed by atoms with Crippen LogP contribution in [0, 0.1) is 5.82 Å². The molecule has 2 atom stereocenters. The van der Waals surface area contributed by atoms with Crippen molar-refractivity contribution in [2.24, 2.45) is 0 Å². The van der Waals surface area contributed by atoms with Gasteiger partial charge in [-0.1, -0.05) is 35.9 Å². The minimum atomic E-state index is -0.675. The molecular formula is C31H33ClFN7O2. The third-order valence-electron chi connectivity index (χ3n) is 7.16. The first kappa shape index (κ1) is 29.2. The number of nitrogens with one attached hydrogen (secondary N) is 4. The molecule has 4 N–H and O–H groups in total. The van der Waals surface area contributed by atoms with E-state index in [1.54, 1.807) is 12.3 Å². The molecule has 1 aliphatic rings. The summed E-state index contributed by atoms with van der Waals surface area (Å²) < 4.78 is 14.7. The lowest BCUT2D eigenvalue weighted by molar-refractivity contribution is -0.111. The average molecular weight is 590 g/mol. The number of carbonyl (C=O) groups is 2. The van der Waals surface area contributed by atoms with Crippen molar-refractivity contribution in [1.82, 2.24) is 25.2 Å². The highest BCUT2D eigenvalue weighted by Gasteiger charge is 2.25. The predicted molar refractivity (Wildman–Crippen MR) is 164 cm³/mol. The van der Waals surface area contributed by atoms with Crippen LogP contribution in [-0.4, -0.2) is 64.4 Å². The SMILES string of the molecule is CN(C)C/C=C/C(=O)Nc1ccc(C(=O)N[C@H]2CCC[C@@H](Nc3ncc(Cl)c(-c4c[nH]c5ccccc45)n3)C2)cc1F. The molecule has 0 spiro atoms. The number of hydrogen-bond acceptors (Lipinski definition) is 6. The standard InChI is InChI=1S/C31H33ClFN7O2/c1-40(2)14-6-11-28(41)38-27-13-12-19(15-25(27)33)30(42)36-20-7-5-8-21(16-20)37-31-35-18-24(32)29(39-31)23-17-34-26-10-4-3-9-22(23)26/h3-4,6,9-13,15,17-18,20-21,34H,5,7-8,14,16H2,1-2H3,(H,36,42)(H,38,41)(H,35,37,39)/b11-6+/t20-,21+/m0/s1. The number of halogens is 2. The number of aromatic nitrogens is 3. The van der Waals surface area contributed by atoms with Gasteiger partial charge < -0.3 is 25.8 Å². The Balaban J connectivity index is 1.19. The van der Waals surface area contributed by atoms with Crippen LogP contribution in [0.4, 0.5) is 16.0 Å². The van der Waals surface area contributed by atoms with Gasteiger partial charge in [-0.25, -0.2) is 14.4 Å². The topological polar surface area (TPSA) is 115 Å². The Bertz CT molecular complexity index is 1620. The molecule has 2 aromatic heterocycles. The molecule has 2 heterocycles. The molecule has 0 aliphatic heterocycles. The van der Waals surface area contributed by atoms with Crippen LogP contribution in [0.25, 0.3) is 22.2 Å². The van der Waals surface area contributed by atoms with Gasteiger partial charge in [0.1, 0.15) is 5.82 Å². The zero-order valence-electron chi connectivity index (χ0n) is 23.5. The van der Waals surface area contributed by atoms with Crippen LogP contribution in [-0.2, 0) is 4.79 Å². The van der Waals surface area contributed by atoms with Gasteiger partial charge in [0.05, 0.1) is 22.6 Å². The number of likely N-dealkylation sites (N-methyl/N-ethyl adjacent to an activating group) is 1. The maximum atomic E-state index is 14.7. The van der Waals surface area contributed by atoms with E-state index in [1.807, 2.05) is 49.5 Å². The van der Waals surface area contributed by atoms with Gasteiger partial charge in [-0.05, 0) is 64.0 Å². The Morgan fingerprint density at radius 3 is 2.79 bits per heavy atom. The first-order chi connectivity index (χ1) is 20.3. The number of hydrogen-bond donors (Lipinski definition) is 4. The molecule has 0 saturated heterocycles. The molecule has 0 unspecified atom stereocenters. The highest BCUT2D eigenvalue weighted by atomic mass is 35.5. The van der Waals surface area contributed by atoms with Gasteiger partial charge in [-0.2, -0.15) is 0 Å². The van der Waals surface area contributed by atoms with Crippen molar-refractivity contribution in [3.8, 4) is 11.3 Å². The number of aromatic amines is 1. The van der Waals surface area contributed by atoms with E-state index in [4.69, 9.17) is 16.6 Å². The molecule has 0 bridgehead atoms. The Morgan fingerprint density at radius 1 is 1.17 bits per heavy atom. The lowest BCUT2D eigenvalue weighted by atomic mass is 9.91. The van der Waals surface area contributed by atoms with Crippen molar-refractivity contribution in [1.29, 1.82) is 0 Å². The predicted octanol–water partition coefficient (Wildman–Crippen LogP) is 5.63. The summed E-state index contributed by atoms with van der Waals surface area (Å²) in [6, 6.07) is 11.9. The van der Waals surface area contributed by atoms with Gasteiger partial charge in [0.2, 0.25) is 11.9 Å². The third kappa shape index (κ3) is 7.13. The number of rotatable bonds is 9. The largest absolute Gasteiger partial charge is 0.360 e. The van der Waals surface area contributed by atoms with Gasteiger partial charge >= 0.3 is 0 Å². The Labute approximate surface area is 248 Å². The number of benzene rings is 2. The number of H-pyrrole nitrogens is 1. The summed E-state index contributed by atoms with van der Waals surface area (Å²) in [5, 5.41) is 10.4. The molecule has 42 heavy (non-hydrogen) atoms. The first-order valence-corrected chi connectivity index (χ1v) is 14.2. The van der Waals surface area contributed by atoms with Crippen LogP contribution in [0.1, 0.15) is 36.0 Å². The summed E-state index contributed by atoms with van der Waals surface area (Å²) in [7, 11) is 3.76. The normalized spacial score (nSPS) is 17.1. The molecule has 218 valence electrons. The van der Waals surface area contributed by atoms with Crippen molar-refractivity contribution in [2.75, 3.05) is 31.3 Å². The zero-order valence-corrected chi connectivity index (χ0v) is 24.2. The average Bonchev–Trinajstić information content (AvgIpc) is 3.39. The molecule has 1 fully saturated rings. The van der Waals surface area contributed by atoms with Crippen molar-refractivity contribution < 1.29 is 14.0 Å². The third-order valence-corrected chi connectivity index (χ3v) is 7.44. The van der Waals surface area contributed by atoms with E-state index in [-0.39, 0.29) is 29.2 Å². The Morgan fingerprint density at radius 2 is 1.98 bits per heavy atom. The van der Waals surface area contributed by atoms with E-state index in [0.29, 0.717) is 29.6 Å². The number of anilines is 2. The molecule has 2 amide bonds. The van der Waals surface area contributed by atoms with E-state index >= 15 is 0 Å². The summed E-state index contributed by atoms with van der Waals surface area (Å²) in [5.41, 5.74) is 2.73. The second-order valence-corrected chi connectivity index (χ2v) is 11.1. The van der Waals surface area contributed by atoms with Gasteiger partial charge in [-0.3, -0.25) is 9.59 Å². The van der Waals surface area contributed by atoms with E-state index in [0.717, 1.165) is 41.8 Å². The number of carbonyl (C=O) groups excluding carboxylic acids is 2. The Kier molecular flexibility index (Phi) is 9.14. The van der Waals surface area contributed by atoms with Crippen LogP contribution in [0.5, 0.6) is 0 Å². The maximum absolute atomic E-state index is 14.7. The lowest BCUT2D eigenvalue weighted by Crippen LogP contribution is -2.42. The smallest absolute Gasteiger partial charge is 0.251 e. The second kappa shape index (κ2) is 13.1. The summed E-state index contributed by atoms with van der Waals surface area (Å²) in [6.07, 6.45) is 9.78. The number of amides is 2. The van der Waals surface area contributed by atoms with E-state index in [2.05, 4.69) is 25.9 Å². The summed E-state index contributed by atoms with van der Waals surface area (Å²) in [6.45, 7) is 0.589. The van der Waals surface area contributed by atoms with Gasteiger partial charge in [0.25, 0.3) is 5.91 Å². The minimum Gasteiger partial charge on any atom is -0.360 e. The van der Waals surface area contributed by atoms with Crippen molar-refractivity contribution in [3.63, 3.8) is 0 Å². The van der Waals surface area contributed by atoms with Crippen molar-refractivity contribution in [2.45, 2.75) is 37.8 Å². The molecule has 11 heteroatoms. The zero-order chi connectivity index (χ0) is 29.6. The second-order valence-electron chi connectivity index (χ2n) is 10.7. The fourth-order valence-electron chi connectivity index (χ4n) is 5.10. The fourth-order valence-corrected chi connectivity index (χ4v) is 5.29. The van der Waals surface area contributed by atoms with Crippen LogP contribution in [0.15, 0.2) is 67.0 Å². The highest BCUT2D eigenvalue weighted by molar-refractivity contribution is 6.33. The molecular weight excluding hydrogens is 557 g/mol. The molecule has 1 aliphatic carbocycles. The summed E-state index contributed by atoms with van der Waals surface area (Å²) >= 11 is 6.48. The quantitative estimate of drug-likeness (QED) is 0.188. The van der Waals surface area contributed by atoms with Crippen molar-refractivity contribution in [3.05, 3.63) is 83.4 Å².